The van der Waals surface area contributed by atoms with E-state index in [9.17, 15) is 4.39 Å². The third-order valence-corrected chi connectivity index (χ3v) is 5.43. The monoisotopic (exact) mass is 379 g/mol. The van der Waals surface area contributed by atoms with Gasteiger partial charge in [-0.25, -0.2) is 24.3 Å². The molecule has 0 unspecified atom stereocenters. The summed E-state index contributed by atoms with van der Waals surface area (Å²) in [5.74, 6) is 2.99. The summed E-state index contributed by atoms with van der Waals surface area (Å²) in [6.07, 6.45) is 5.74. The lowest BCUT2D eigenvalue weighted by atomic mass is 10.2. The highest BCUT2D eigenvalue weighted by Gasteiger charge is 2.30. The Morgan fingerprint density at radius 2 is 1.64 bits per heavy atom. The average Bonchev–Trinajstić information content (AvgIpc) is 3.55. The molecule has 4 heterocycles. The van der Waals surface area contributed by atoms with Gasteiger partial charge in [-0.3, -0.25) is 4.98 Å². The lowest BCUT2D eigenvalue weighted by Crippen LogP contribution is -2.47. The molecule has 2 fully saturated rings. The molecular formula is C20H22FN7. The highest BCUT2D eigenvalue weighted by molar-refractivity contribution is 5.88. The largest absolute Gasteiger partial charge is 0.352 e. The van der Waals surface area contributed by atoms with Crippen LogP contribution in [0.15, 0.2) is 18.5 Å². The second-order valence-electron chi connectivity index (χ2n) is 7.54. The Morgan fingerprint density at radius 3 is 2.36 bits per heavy atom. The van der Waals surface area contributed by atoms with Crippen molar-refractivity contribution in [2.75, 3.05) is 36.0 Å². The SMILES string of the molecule is Cc1nc(N2CCN(c3nc(C4CC4)nc(C)c3F)CC2)c2ccncc2n1. The summed E-state index contributed by atoms with van der Waals surface area (Å²) in [5.41, 5.74) is 1.29. The third-order valence-electron chi connectivity index (χ3n) is 5.43. The first-order valence-electron chi connectivity index (χ1n) is 9.72. The van der Waals surface area contributed by atoms with E-state index in [1.807, 2.05) is 17.9 Å². The molecule has 1 saturated carbocycles. The number of fused-ring (bicyclic) bond motifs is 1. The molecular weight excluding hydrogens is 357 g/mol. The minimum absolute atomic E-state index is 0.299. The van der Waals surface area contributed by atoms with Crippen LogP contribution in [0.25, 0.3) is 10.9 Å². The van der Waals surface area contributed by atoms with Gasteiger partial charge in [-0.1, -0.05) is 0 Å². The zero-order valence-corrected chi connectivity index (χ0v) is 16.1. The van der Waals surface area contributed by atoms with Crippen molar-refractivity contribution in [3.63, 3.8) is 0 Å². The summed E-state index contributed by atoms with van der Waals surface area (Å²) in [5, 5.41) is 0.995. The molecule has 144 valence electrons. The standard InChI is InChI=1S/C20H22FN7/c1-12-17(21)20(26-18(23-12)14-3-4-14)28-9-7-27(8-10-28)19-15-5-6-22-11-16(15)24-13(2)25-19/h5-6,11,14H,3-4,7-10H2,1-2H3. The van der Waals surface area contributed by atoms with Crippen LogP contribution in [0.5, 0.6) is 0 Å². The van der Waals surface area contributed by atoms with Gasteiger partial charge in [0.25, 0.3) is 0 Å². The maximum absolute atomic E-state index is 14.7. The molecule has 0 aromatic carbocycles. The second-order valence-corrected chi connectivity index (χ2v) is 7.54. The number of rotatable bonds is 3. The van der Waals surface area contributed by atoms with Crippen molar-refractivity contribution in [3.8, 4) is 0 Å². The van der Waals surface area contributed by atoms with E-state index in [1.165, 1.54) is 0 Å². The van der Waals surface area contributed by atoms with E-state index in [4.69, 9.17) is 0 Å². The maximum atomic E-state index is 14.7. The molecule has 0 radical (unpaired) electrons. The Bertz CT molecular complexity index is 1040. The van der Waals surface area contributed by atoms with Gasteiger partial charge < -0.3 is 9.80 Å². The fourth-order valence-electron chi connectivity index (χ4n) is 3.75. The first-order chi connectivity index (χ1) is 13.6. The third kappa shape index (κ3) is 3.02. The highest BCUT2D eigenvalue weighted by atomic mass is 19.1. The Kier molecular flexibility index (Phi) is 4.07. The van der Waals surface area contributed by atoms with Crippen molar-refractivity contribution in [3.05, 3.63) is 41.6 Å². The molecule has 7 nitrogen and oxygen atoms in total. The average molecular weight is 379 g/mol. The predicted octanol–water partition coefficient (Wildman–Crippen LogP) is 2.77. The normalized spacial score (nSPS) is 17.4. The first-order valence-corrected chi connectivity index (χ1v) is 9.72. The van der Waals surface area contributed by atoms with Crippen molar-refractivity contribution in [1.29, 1.82) is 0 Å². The summed E-state index contributed by atoms with van der Waals surface area (Å²) in [6, 6.07) is 1.95. The summed E-state index contributed by atoms with van der Waals surface area (Å²) >= 11 is 0. The maximum Gasteiger partial charge on any atom is 0.186 e. The van der Waals surface area contributed by atoms with E-state index >= 15 is 0 Å². The number of piperazine rings is 1. The van der Waals surface area contributed by atoms with Gasteiger partial charge in [0, 0.05) is 43.7 Å². The smallest absolute Gasteiger partial charge is 0.186 e. The van der Waals surface area contributed by atoms with Gasteiger partial charge in [0.1, 0.15) is 17.5 Å². The number of pyridine rings is 1. The first kappa shape index (κ1) is 17.2. The van der Waals surface area contributed by atoms with Crippen LogP contribution in [0.2, 0.25) is 0 Å². The van der Waals surface area contributed by atoms with Gasteiger partial charge in [0.05, 0.1) is 17.4 Å². The Hall–Kier alpha value is -2.90. The molecule has 0 spiro atoms. The molecule has 8 heteroatoms. The molecule has 3 aromatic rings. The number of hydrogen-bond acceptors (Lipinski definition) is 7. The molecule has 28 heavy (non-hydrogen) atoms. The summed E-state index contributed by atoms with van der Waals surface area (Å²) in [7, 11) is 0. The van der Waals surface area contributed by atoms with Crippen LogP contribution in [0, 0.1) is 19.7 Å². The van der Waals surface area contributed by atoms with Crippen LogP contribution >= 0.6 is 0 Å². The molecule has 0 N–H and O–H groups in total. The van der Waals surface area contributed by atoms with E-state index in [0.29, 0.717) is 30.5 Å². The van der Waals surface area contributed by atoms with E-state index in [0.717, 1.165) is 54.3 Å². The van der Waals surface area contributed by atoms with Gasteiger partial charge in [-0.2, -0.15) is 0 Å². The van der Waals surface area contributed by atoms with Crippen molar-refractivity contribution in [1.82, 2.24) is 24.9 Å². The van der Waals surface area contributed by atoms with Gasteiger partial charge in [-0.15, -0.1) is 0 Å². The van der Waals surface area contributed by atoms with Gasteiger partial charge in [0.2, 0.25) is 0 Å². The van der Waals surface area contributed by atoms with Gasteiger partial charge in [-0.05, 0) is 32.8 Å². The molecule has 1 saturated heterocycles. The van der Waals surface area contributed by atoms with Crippen molar-refractivity contribution < 1.29 is 4.39 Å². The van der Waals surface area contributed by atoms with E-state index in [1.54, 1.807) is 19.3 Å². The van der Waals surface area contributed by atoms with Crippen LogP contribution in [0.1, 0.15) is 36.1 Å². The molecule has 0 bridgehead atoms. The number of anilines is 2. The van der Waals surface area contributed by atoms with Crippen LogP contribution < -0.4 is 9.80 Å². The highest BCUT2D eigenvalue weighted by Crippen LogP contribution is 2.39. The predicted molar refractivity (Wildman–Crippen MR) is 105 cm³/mol. The summed E-state index contributed by atoms with van der Waals surface area (Å²) < 4.78 is 14.7. The Morgan fingerprint density at radius 1 is 0.929 bits per heavy atom. The molecule has 3 aromatic heterocycles. The van der Waals surface area contributed by atoms with Crippen molar-refractivity contribution in [2.45, 2.75) is 32.6 Å². The van der Waals surface area contributed by atoms with Crippen molar-refractivity contribution in [2.24, 2.45) is 0 Å². The second kappa shape index (κ2) is 6.61. The van der Waals surface area contributed by atoms with E-state index < -0.39 is 0 Å². The molecule has 2 aliphatic rings. The van der Waals surface area contributed by atoms with E-state index in [-0.39, 0.29) is 5.82 Å². The van der Waals surface area contributed by atoms with Crippen LogP contribution in [-0.2, 0) is 0 Å². The molecule has 0 amide bonds. The molecule has 1 aliphatic carbocycles. The number of hydrogen-bond donors (Lipinski definition) is 0. The molecule has 5 rings (SSSR count). The van der Waals surface area contributed by atoms with Crippen LogP contribution in [0.4, 0.5) is 16.0 Å². The Balaban J connectivity index is 1.41. The quantitative estimate of drug-likeness (QED) is 0.693. The van der Waals surface area contributed by atoms with E-state index in [2.05, 4.69) is 29.8 Å². The fourth-order valence-corrected chi connectivity index (χ4v) is 3.75. The van der Waals surface area contributed by atoms with Gasteiger partial charge >= 0.3 is 0 Å². The van der Waals surface area contributed by atoms with Crippen LogP contribution in [0.3, 0.4) is 0 Å². The molecule has 0 atom stereocenters. The molecule has 1 aliphatic heterocycles. The summed E-state index contributed by atoms with van der Waals surface area (Å²) in [6.45, 7) is 6.49. The number of nitrogens with zero attached hydrogens (tertiary/aromatic N) is 7. The van der Waals surface area contributed by atoms with Crippen LogP contribution in [-0.4, -0.2) is 51.1 Å². The zero-order valence-electron chi connectivity index (χ0n) is 16.1. The zero-order chi connectivity index (χ0) is 19.3. The number of aryl methyl sites for hydroxylation is 2. The van der Waals surface area contributed by atoms with Gasteiger partial charge in [0.15, 0.2) is 11.6 Å². The summed E-state index contributed by atoms with van der Waals surface area (Å²) in [4.78, 5) is 26.5. The minimum Gasteiger partial charge on any atom is -0.352 e. The number of halogens is 1. The minimum atomic E-state index is -0.299. The number of aromatic nitrogens is 5. The lowest BCUT2D eigenvalue weighted by Gasteiger charge is -2.36. The van der Waals surface area contributed by atoms with Crippen molar-refractivity contribution >= 4 is 22.5 Å². The Labute approximate surface area is 162 Å². The fraction of sp³-hybridized carbons (Fsp3) is 0.450. The lowest BCUT2D eigenvalue weighted by molar-refractivity contribution is 0.568. The topological polar surface area (TPSA) is 70.9 Å².